The highest BCUT2D eigenvalue weighted by molar-refractivity contribution is 6.03. The van der Waals surface area contributed by atoms with Gasteiger partial charge in [-0.3, -0.25) is 9.59 Å². The van der Waals surface area contributed by atoms with Gasteiger partial charge in [-0.1, -0.05) is 51.8 Å². The Morgan fingerprint density at radius 2 is 1.93 bits per heavy atom. The fourth-order valence-corrected chi connectivity index (χ4v) is 4.04. The van der Waals surface area contributed by atoms with Gasteiger partial charge < -0.3 is 9.88 Å². The van der Waals surface area contributed by atoms with E-state index in [4.69, 9.17) is 0 Å². The fourth-order valence-electron chi connectivity index (χ4n) is 4.04. The molecule has 2 amide bonds. The maximum Gasteiger partial charge on any atom is 0.291 e. The average Bonchev–Trinajstić information content (AvgIpc) is 3.24. The molecule has 2 aliphatic rings. The number of rotatable bonds is 3. The van der Waals surface area contributed by atoms with Gasteiger partial charge >= 0.3 is 0 Å². The molecule has 0 spiro atoms. The van der Waals surface area contributed by atoms with Crippen molar-refractivity contribution in [3.8, 4) is 0 Å². The zero-order valence-corrected chi connectivity index (χ0v) is 16.9. The first-order valence-corrected chi connectivity index (χ1v) is 10.1. The number of carbonyl (C=O) groups excluding carboxylic acids is 2. The molecule has 0 bridgehead atoms. The van der Waals surface area contributed by atoms with E-state index >= 15 is 0 Å². The largest absolute Gasteiger partial charge is 0.352 e. The number of hydrazone groups is 1. The van der Waals surface area contributed by atoms with Gasteiger partial charge in [-0.25, -0.2) is 5.01 Å². The molecule has 1 N–H and O–H groups in total. The molecule has 1 aromatic carbocycles. The second-order valence-electron chi connectivity index (χ2n) is 8.88. The Labute approximate surface area is 165 Å². The van der Waals surface area contributed by atoms with Crippen LogP contribution in [0.2, 0.25) is 0 Å². The number of nitrogens with one attached hydrogen (secondary N) is 1. The minimum atomic E-state index is -0.225. The van der Waals surface area contributed by atoms with Gasteiger partial charge in [0.05, 0.1) is 12.3 Å². The van der Waals surface area contributed by atoms with Crippen LogP contribution in [0.5, 0.6) is 0 Å². The molecule has 4 rings (SSSR count). The van der Waals surface area contributed by atoms with E-state index in [1.807, 2.05) is 34.9 Å². The van der Waals surface area contributed by atoms with E-state index in [1.165, 1.54) is 5.01 Å². The number of hydrogen-bond donors (Lipinski definition) is 1. The molecular weight excluding hydrogens is 352 g/mol. The number of aromatic nitrogens is 1. The van der Waals surface area contributed by atoms with E-state index < -0.39 is 0 Å². The molecule has 1 saturated carbocycles. The standard InChI is InChI=1S/C22H28N4O2/c1-22(2,3)19-13-25-17-11-7-4-8-15(17)12-18(25)21(28)26(24-19)14-20(27)23-16-9-5-6-10-16/h4,7-8,11-12,16H,5-6,9-10,13-14H2,1-3H3,(H,23,27). The quantitative estimate of drug-likeness (QED) is 0.885. The number of carbonyl (C=O) groups is 2. The Bertz CT molecular complexity index is 945. The van der Waals surface area contributed by atoms with Crippen LogP contribution in [-0.2, 0) is 11.3 Å². The van der Waals surface area contributed by atoms with Crippen molar-refractivity contribution in [1.82, 2.24) is 14.9 Å². The summed E-state index contributed by atoms with van der Waals surface area (Å²) in [6, 6.07) is 10.1. The summed E-state index contributed by atoms with van der Waals surface area (Å²) in [5, 5.41) is 10.1. The predicted molar refractivity (Wildman–Crippen MR) is 110 cm³/mol. The van der Waals surface area contributed by atoms with Crippen LogP contribution < -0.4 is 5.32 Å². The van der Waals surface area contributed by atoms with Crippen LogP contribution in [0.4, 0.5) is 0 Å². The van der Waals surface area contributed by atoms with E-state index in [-0.39, 0.29) is 29.8 Å². The van der Waals surface area contributed by atoms with Crippen molar-refractivity contribution in [2.75, 3.05) is 6.54 Å². The van der Waals surface area contributed by atoms with Gasteiger partial charge in [0, 0.05) is 22.4 Å². The number of benzene rings is 1. The highest BCUT2D eigenvalue weighted by atomic mass is 16.2. The highest BCUT2D eigenvalue weighted by Crippen LogP contribution is 2.27. The molecule has 1 fully saturated rings. The Kier molecular flexibility index (Phi) is 4.73. The van der Waals surface area contributed by atoms with Gasteiger partial charge in [-0.15, -0.1) is 0 Å². The van der Waals surface area contributed by atoms with Gasteiger partial charge in [-0.05, 0) is 25.0 Å². The van der Waals surface area contributed by atoms with Crippen LogP contribution in [0.1, 0.15) is 56.9 Å². The predicted octanol–water partition coefficient (Wildman–Crippen LogP) is 3.56. The molecule has 2 heterocycles. The molecule has 6 nitrogen and oxygen atoms in total. The molecule has 2 aromatic rings. The summed E-state index contributed by atoms with van der Waals surface area (Å²) in [4.78, 5) is 25.9. The Morgan fingerprint density at radius 1 is 1.21 bits per heavy atom. The second-order valence-corrected chi connectivity index (χ2v) is 8.88. The smallest absolute Gasteiger partial charge is 0.291 e. The van der Waals surface area contributed by atoms with Gasteiger partial charge in [0.25, 0.3) is 5.91 Å². The number of hydrogen-bond acceptors (Lipinski definition) is 3. The highest BCUT2D eigenvalue weighted by Gasteiger charge is 2.31. The molecule has 6 heteroatoms. The Balaban J connectivity index is 1.68. The molecule has 0 saturated heterocycles. The first kappa shape index (κ1) is 18.7. The first-order chi connectivity index (χ1) is 13.3. The van der Waals surface area contributed by atoms with Crippen molar-refractivity contribution in [1.29, 1.82) is 0 Å². The van der Waals surface area contributed by atoms with Gasteiger partial charge in [0.2, 0.25) is 5.91 Å². The molecule has 1 aromatic heterocycles. The zero-order chi connectivity index (χ0) is 19.9. The summed E-state index contributed by atoms with van der Waals surface area (Å²) < 4.78 is 2.02. The van der Waals surface area contributed by atoms with Crippen LogP contribution in [-0.4, -0.2) is 39.7 Å². The van der Waals surface area contributed by atoms with Gasteiger partial charge in [-0.2, -0.15) is 5.10 Å². The second kappa shape index (κ2) is 7.08. The van der Waals surface area contributed by atoms with Gasteiger partial charge in [0.15, 0.2) is 0 Å². The number of para-hydroxylation sites is 1. The molecule has 0 unspecified atom stereocenters. The summed E-state index contributed by atoms with van der Waals surface area (Å²) in [6.45, 7) is 6.76. The molecule has 1 aliphatic carbocycles. The third-order valence-corrected chi connectivity index (χ3v) is 5.69. The van der Waals surface area contributed by atoms with Crippen molar-refractivity contribution < 1.29 is 9.59 Å². The monoisotopic (exact) mass is 380 g/mol. The summed E-state index contributed by atoms with van der Waals surface area (Å²) in [5.74, 6) is -0.362. The topological polar surface area (TPSA) is 66.7 Å². The lowest BCUT2D eigenvalue weighted by Crippen LogP contribution is -2.42. The third-order valence-electron chi connectivity index (χ3n) is 5.69. The lowest BCUT2D eigenvalue weighted by molar-refractivity contribution is -0.122. The molecular formula is C22H28N4O2. The molecule has 1 aliphatic heterocycles. The van der Waals surface area contributed by atoms with Crippen LogP contribution in [0.25, 0.3) is 10.9 Å². The third kappa shape index (κ3) is 3.55. The van der Waals surface area contributed by atoms with Crippen LogP contribution in [0.3, 0.4) is 0 Å². The van der Waals surface area contributed by atoms with Crippen molar-refractivity contribution >= 4 is 28.4 Å². The molecule has 148 valence electrons. The summed E-state index contributed by atoms with van der Waals surface area (Å²) in [7, 11) is 0. The van der Waals surface area contributed by atoms with E-state index in [0.29, 0.717) is 12.2 Å². The number of nitrogens with zero attached hydrogens (tertiary/aromatic N) is 3. The normalized spacial score (nSPS) is 18.2. The minimum absolute atomic E-state index is 0.0452. The average molecular weight is 380 g/mol. The molecule has 0 atom stereocenters. The number of fused-ring (bicyclic) bond motifs is 3. The van der Waals surface area contributed by atoms with Crippen LogP contribution >= 0.6 is 0 Å². The maximum atomic E-state index is 13.3. The lowest BCUT2D eigenvalue weighted by Gasteiger charge is -2.23. The summed E-state index contributed by atoms with van der Waals surface area (Å²) >= 11 is 0. The minimum Gasteiger partial charge on any atom is -0.352 e. The van der Waals surface area contributed by atoms with E-state index in [1.54, 1.807) is 0 Å². The van der Waals surface area contributed by atoms with Crippen molar-refractivity contribution in [3.05, 3.63) is 36.0 Å². The number of amides is 2. The Hall–Kier alpha value is -2.63. The fraction of sp³-hybridized carbons (Fsp3) is 0.500. The molecule has 28 heavy (non-hydrogen) atoms. The van der Waals surface area contributed by atoms with Crippen molar-refractivity contribution in [2.45, 2.75) is 59.0 Å². The van der Waals surface area contributed by atoms with Crippen molar-refractivity contribution in [3.63, 3.8) is 0 Å². The van der Waals surface area contributed by atoms with Crippen LogP contribution in [0, 0.1) is 5.41 Å². The SMILES string of the molecule is CC(C)(C)C1=NN(CC(=O)NC2CCCC2)C(=O)c2cc3ccccc3n2C1. The summed E-state index contributed by atoms with van der Waals surface area (Å²) in [5.41, 5.74) is 2.26. The van der Waals surface area contributed by atoms with E-state index in [9.17, 15) is 9.59 Å². The van der Waals surface area contributed by atoms with Crippen molar-refractivity contribution in [2.24, 2.45) is 10.5 Å². The Morgan fingerprint density at radius 3 is 2.64 bits per heavy atom. The van der Waals surface area contributed by atoms with E-state index in [2.05, 4.69) is 31.2 Å². The summed E-state index contributed by atoms with van der Waals surface area (Å²) in [6.07, 6.45) is 4.34. The first-order valence-electron chi connectivity index (χ1n) is 10.1. The maximum absolute atomic E-state index is 13.3. The van der Waals surface area contributed by atoms with E-state index in [0.717, 1.165) is 42.3 Å². The van der Waals surface area contributed by atoms with Crippen LogP contribution in [0.15, 0.2) is 35.4 Å². The lowest BCUT2D eigenvalue weighted by atomic mass is 9.90. The van der Waals surface area contributed by atoms with Gasteiger partial charge in [0.1, 0.15) is 12.2 Å². The molecule has 0 radical (unpaired) electrons. The zero-order valence-electron chi connectivity index (χ0n) is 16.9.